The molecule has 6 heteroatoms. The van der Waals surface area contributed by atoms with Crippen molar-refractivity contribution in [1.29, 1.82) is 0 Å². The molecule has 3 fully saturated rings. The van der Waals surface area contributed by atoms with Crippen molar-refractivity contribution < 1.29 is 19.0 Å². The highest BCUT2D eigenvalue weighted by atomic mass is 19.1. The highest BCUT2D eigenvalue weighted by Crippen LogP contribution is 2.35. The Labute approximate surface area is 141 Å². The number of aliphatic hydroxyl groups is 1. The summed E-state index contributed by atoms with van der Waals surface area (Å²) in [6, 6.07) is 6.09. The maximum Gasteiger partial charge on any atom is 0.256 e. The van der Waals surface area contributed by atoms with Crippen LogP contribution in [0, 0.1) is 11.7 Å². The number of carbonyl (C=O) groups is 1. The number of halogens is 1. The summed E-state index contributed by atoms with van der Waals surface area (Å²) in [4.78, 5) is 14.9. The lowest BCUT2D eigenvalue weighted by atomic mass is 9.75. The molecule has 2 bridgehead atoms. The fraction of sp³-hybridized carbons (Fsp3) is 0.611. The summed E-state index contributed by atoms with van der Waals surface area (Å²) in [6.07, 6.45) is 1.89. The van der Waals surface area contributed by atoms with Gasteiger partial charge in [0.15, 0.2) is 5.60 Å². The van der Waals surface area contributed by atoms with E-state index in [9.17, 15) is 14.3 Å². The first-order valence-corrected chi connectivity index (χ1v) is 8.42. The summed E-state index contributed by atoms with van der Waals surface area (Å²) in [7, 11) is 1.38. The Kier molecular flexibility index (Phi) is 4.64. The third-order valence-corrected chi connectivity index (χ3v) is 5.63. The smallest absolute Gasteiger partial charge is 0.256 e. The van der Waals surface area contributed by atoms with Crippen LogP contribution in [0.25, 0.3) is 0 Å². The van der Waals surface area contributed by atoms with Crippen LogP contribution in [0.1, 0.15) is 25.3 Å². The average Bonchev–Trinajstić information content (AvgIpc) is 2.60. The van der Waals surface area contributed by atoms with Crippen LogP contribution in [0.5, 0.6) is 0 Å². The van der Waals surface area contributed by atoms with Gasteiger partial charge < -0.3 is 20.1 Å². The van der Waals surface area contributed by atoms with Gasteiger partial charge in [-0.05, 0) is 44.8 Å². The predicted molar refractivity (Wildman–Crippen MR) is 87.9 cm³/mol. The Morgan fingerprint density at radius 2 is 2.12 bits per heavy atom. The van der Waals surface area contributed by atoms with Gasteiger partial charge in [-0.15, -0.1) is 0 Å². The van der Waals surface area contributed by atoms with Gasteiger partial charge in [-0.2, -0.15) is 0 Å². The maximum absolute atomic E-state index is 14.1. The molecule has 1 aromatic carbocycles. The zero-order valence-electron chi connectivity index (χ0n) is 14.2. The van der Waals surface area contributed by atoms with Crippen LogP contribution in [-0.4, -0.2) is 54.8 Å². The van der Waals surface area contributed by atoms with E-state index >= 15 is 0 Å². The molecule has 0 spiro atoms. The fourth-order valence-electron chi connectivity index (χ4n) is 3.92. The summed E-state index contributed by atoms with van der Waals surface area (Å²) in [6.45, 7) is 4.28. The molecule has 1 amide bonds. The van der Waals surface area contributed by atoms with Gasteiger partial charge in [0, 0.05) is 25.8 Å². The Morgan fingerprint density at radius 1 is 1.46 bits per heavy atom. The lowest BCUT2D eigenvalue weighted by Gasteiger charge is -2.50. The quantitative estimate of drug-likeness (QED) is 0.850. The average molecular weight is 336 g/mol. The summed E-state index contributed by atoms with van der Waals surface area (Å²) in [5.74, 6) is -0.733. The molecule has 0 unspecified atom stereocenters. The number of nitrogens with zero attached hydrogens (tertiary/aromatic N) is 1. The summed E-state index contributed by atoms with van der Waals surface area (Å²) in [5.41, 5.74) is -2.17. The highest BCUT2D eigenvalue weighted by molar-refractivity contribution is 5.86. The van der Waals surface area contributed by atoms with Gasteiger partial charge in [-0.3, -0.25) is 4.79 Å². The second-order valence-electron chi connectivity index (χ2n) is 7.05. The molecular formula is C18H25FN2O3. The van der Waals surface area contributed by atoms with Gasteiger partial charge >= 0.3 is 0 Å². The van der Waals surface area contributed by atoms with Gasteiger partial charge in [-0.25, -0.2) is 4.39 Å². The van der Waals surface area contributed by atoms with Crippen LogP contribution < -0.4 is 5.32 Å². The lowest BCUT2D eigenvalue weighted by Crippen LogP contribution is -2.64. The number of hydrogen-bond donors (Lipinski definition) is 2. The van der Waals surface area contributed by atoms with E-state index < -0.39 is 22.9 Å². The number of methoxy groups -OCH3 is 1. The summed E-state index contributed by atoms with van der Waals surface area (Å²) >= 11 is 0. The molecule has 0 radical (unpaired) electrons. The Bertz CT molecular complexity index is 618. The zero-order chi connectivity index (χ0) is 17.4. The standard InChI is InChI=1S/C18H25FN2O3/c1-17(24-2,14-5-3-4-6-15(14)19)16(22)20-11-18(23)12-21-9-7-13(18)8-10-21/h3-6,13,23H,7-12H2,1-2H3,(H,20,22)/t17-,18+/m1/s1. The maximum atomic E-state index is 14.1. The minimum absolute atomic E-state index is 0.153. The SMILES string of the molecule is CO[C@@](C)(C(=O)NC[C@]1(O)CN2CCC1CC2)c1ccccc1F. The molecule has 3 heterocycles. The Morgan fingerprint density at radius 3 is 2.67 bits per heavy atom. The molecule has 3 aliphatic rings. The number of nitrogens with one attached hydrogen (secondary N) is 1. The van der Waals surface area contributed by atoms with Crippen LogP contribution in [0.15, 0.2) is 24.3 Å². The van der Waals surface area contributed by atoms with Crippen LogP contribution in [0.4, 0.5) is 4.39 Å². The van der Waals surface area contributed by atoms with Gasteiger partial charge in [0.25, 0.3) is 5.91 Å². The molecule has 0 aliphatic carbocycles. The second kappa shape index (κ2) is 6.43. The molecule has 0 saturated carbocycles. The number of benzene rings is 1. The summed E-state index contributed by atoms with van der Waals surface area (Å²) < 4.78 is 19.5. The van der Waals surface area contributed by atoms with Gasteiger partial charge in [0.2, 0.25) is 0 Å². The van der Waals surface area contributed by atoms with Crippen molar-refractivity contribution in [1.82, 2.24) is 10.2 Å². The van der Waals surface area contributed by atoms with Crippen LogP contribution in [-0.2, 0) is 15.1 Å². The summed E-state index contributed by atoms with van der Waals surface area (Å²) in [5, 5.41) is 13.7. The molecule has 3 aliphatic heterocycles. The third-order valence-electron chi connectivity index (χ3n) is 5.63. The van der Waals surface area contributed by atoms with Gasteiger partial charge in [-0.1, -0.05) is 18.2 Å². The van der Waals surface area contributed by atoms with E-state index in [0.717, 1.165) is 25.9 Å². The molecule has 132 valence electrons. The number of hydrogen-bond acceptors (Lipinski definition) is 4. The minimum atomic E-state index is -1.43. The predicted octanol–water partition coefficient (Wildman–Crippen LogP) is 1.26. The topological polar surface area (TPSA) is 61.8 Å². The van der Waals surface area contributed by atoms with Crippen LogP contribution >= 0.6 is 0 Å². The number of rotatable bonds is 5. The molecule has 5 nitrogen and oxygen atoms in total. The van der Waals surface area contributed by atoms with Crippen molar-refractivity contribution in [2.75, 3.05) is 33.3 Å². The van der Waals surface area contributed by atoms with Gasteiger partial charge in [0.1, 0.15) is 5.82 Å². The number of piperidine rings is 3. The van der Waals surface area contributed by atoms with E-state index in [2.05, 4.69) is 10.2 Å². The van der Waals surface area contributed by atoms with E-state index in [4.69, 9.17) is 4.74 Å². The number of fused-ring (bicyclic) bond motifs is 3. The van der Waals surface area contributed by atoms with Crippen molar-refractivity contribution in [2.45, 2.75) is 31.0 Å². The number of amides is 1. The highest BCUT2D eigenvalue weighted by Gasteiger charge is 2.46. The van der Waals surface area contributed by atoms with E-state index in [1.807, 2.05) is 0 Å². The molecule has 2 atom stereocenters. The van der Waals surface area contributed by atoms with Gasteiger partial charge in [0.05, 0.1) is 5.60 Å². The first kappa shape index (κ1) is 17.3. The Balaban J connectivity index is 1.72. The van der Waals surface area contributed by atoms with E-state index in [1.165, 1.54) is 13.2 Å². The molecule has 2 N–H and O–H groups in total. The third kappa shape index (κ3) is 2.94. The van der Waals surface area contributed by atoms with Crippen LogP contribution in [0.2, 0.25) is 0 Å². The normalized spacial score (nSPS) is 31.5. The lowest BCUT2D eigenvalue weighted by molar-refractivity contribution is -0.148. The molecular weight excluding hydrogens is 311 g/mol. The van der Waals surface area contributed by atoms with Crippen molar-refractivity contribution in [3.8, 4) is 0 Å². The first-order valence-electron chi connectivity index (χ1n) is 8.42. The second-order valence-corrected chi connectivity index (χ2v) is 7.05. The largest absolute Gasteiger partial charge is 0.386 e. The molecule has 0 aromatic heterocycles. The number of ether oxygens (including phenoxy) is 1. The molecule has 4 rings (SSSR count). The van der Waals surface area contributed by atoms with Crippen molar-refractivity contribution in [3.05, 3.63) is 35.6 Å². The minimum Gasteiger partial charge on any atom is -0.386 e. The van der Waals surface area contributed by atoms with E-state index in [-0.39, 0.29) is 18.0 Å². The first-order chi connectivity index (χ1) is 11.4. The van der Waals surface area contributed by atoms with Crippen LogP contribution in [0.3, 0.4) is 0 Å². The van der Waals surface area contributed by atoms with E-state index in [1.54, 1.807) is 25.1 Å². The Hall–Kier alpha value is -1.50. The molecule has 3 saturated heterocycles. The van der Waals surface area contributed by atoms with Crippen molar-refractivity contribution >= 4 is 5.91 Å². The zero-order valence-corrected chi connectivity index (χ0v) is 14.2. The molecule has 24 heavy (non-hydrogen) atoms. The molecule has 1 aromatic rings. The van der Waals surface area contributed by atoms with Crippen molar-refractivity contribution in [3.63, 3.8) is 0 Å². The fourth-order valence-corrected chi connectivity index (χ4v) is 3.92. The van der Waals surface area contributed by atoms with Crippen molar-refractivity contribution in [2.24, 2.45) is 5.92 Å². The monoisotopic (exact) mass is 336 g/mol. The van der Waals surface area contributed by atoms with E-state index in [0.29, 0.717) is 6.54 Å². The number of carbonyl (C=O) groups excluding carboxylic acids is 1.